The Labute approximate surface area is 74.3 Å². The Morgan fingerprint density at radius 3 is 2.50 bits per heavy atom. The number of hydrogen-bond acceptors (Lipinski definition) is 2. The first-order valence-electron chi connectivity index (χ1n) is 4.60. The van der Waals surface area contributed by atoms with Crippen LogP contribution in [0, 0.1) is 11.8 Å². The maximum Gasteiger partial charge on any atom is 0.123 e. The Morgan fingerprint density at radius 2 is 2.00 bits per heavy atom. The summed E-state index contributed by atoms with van der Waals surface area (Å²) in [6.45, 7) is 8.24. The molecule has 1 fully saturated rings. The summed E-state index contributed by atoms with van der Waals surface area (Å²) in [5.41, 5.74) is -0.150. The summed E-state index contributed by atoms with van der Waals surface area (Å²) in [6, 6.07) is 0. The smallest absolute Gasteiger partial charge is 0.123 e. The molecule has 0 aromatic heterocycles. The number of hydrogen-bond donors (Lipinski definition) is 0. The van der Waals surface area contributed by atoms with Crippen molar-refractivity contribution in [1.29, 1.82) is 0 Å². The molecular weight excluding hydrogens is 152 g/mol. The number of rotatable bonds is 1. The highest BCUT2D eigenvalue weighted by Gasteiger charge is 2.39. The molecule has 1 heterocycles. The summed E-state index contributed by atoms with van der Waals surface area (Å²) in [5.74, 6) is 0.495. The number of ether oxygens (including phenoxy) is 1. The second-order valence-electron chi connectivity index (χ2n) is 4.36. The van der Waals surface area contributed by atoms with Crippen LogP contribution in [0.5, 0.6) is 0 Å². The number of carbonyl (C=O) groups excluding carboxylic acids is 1. The quantitative estimate of drug-likeness (QED) is 0.563. The minimum Gasteiger partial charge on any atom is -0.372 e. The molecule has 1 saturated heterocycles. The van der Waals surface area contributed by atoms with E-state index in [0.29, 0.717) is 5.92 Å². The molecule has 2 heteroatoms. The normalized spacial score (nSPS) is 40.8. The zero-order chi connectivity index (χ0) is 9.35. The highest BCUT2D eigenvalue weighted by Crippen LogP contribution is 2.36. The second-order valence-corrected chi connectivity index (χ2v) is 4.36. The first-order chi connectivity index (χ1) is 5.47. The summed E-state index contributed by atoms with van der Waals surface area (Å²) in [4.78, 5) is 10.7. The molecule has 0 aromatic carbocycles. The summed E-state index contributed by atoms with van der Waals surface area (Å²) < 4.78 is 5.76. The van der Waals surface area contributed by atoms with Gasteiger partial charge in [0.2, 0.25) is 0 Å². The van der Waals surface area contributed by atoms with Crippen LogP contribution in [0.4, 0.5) is 0 Å². The van der Waals surface area contributed by atoms with Crippen LogP contribution >= 0.6 is 0 Å². The molecule has 0 aromatic rings. The highest BCUT2D eigenvalue weighted by molar-refractivity contribution is 5.54. The van der Waals surface area contributed by atoms with Crippen molar-refractivity contribution in [3.63, 3.8) is 0 Å². The lowest BCUT2D eigenvalue weighted by Gasteiger charge is -2.43. The van der Waals surface area contributed by atoms with E-state index >= 15 is 0 Å². The van der Waals surface area contributed by atoms with Crippen LogP contribution in [0.2, 0.25) is 0 Å². The highest BCUT2D eigenvalue weighted by atomic mass is 16.5. The van der Waals surface area contributed by atoms with Crippen molar-refractivity contribution in [1.82, 2.24) is 0 Å². The van der Waals surface area contributed by atoms with Crippen molar-refractivity contribution in [3.05, 3.63) is 0 Å². The third kappa shape index (κ3) is 1.69. The molecule has 0 aliphatic carbocycles. The standard InChI is InChI=1S/C10H18O2/c1-7-5-9(6-11)8(2)10(3,4)12-7/h6-9H,5H2,1-4H3. The largest absolute Gasteiger partial charge is 0.372 e. The fourth-order valence-corrected chi connectivity index (χ4v) is 1.95. The topological polar surface area (TPSA) is 26.3 Å². The zero-order valence-electron chi connectivity index (χ0n) is 8.33. The van der Waals surface area contributed by atoms with Crippen LogP contribution in [-0.2, 0) is 9.53 Å². The third-order valence-electron chi connectivity index (χ3n) is 3.02. The maximum absolute atomic E-state index is 10.7. The van der Waals surface area contributed by atoms with E-state index in [1.807, 2.05) is 6.92 Å². The Morgan fingerprint density at radius 1 is 1.42 bits per heavy atom. The Kier molecular flexibility index (Phi) is 2.57. The number of aldehydes is 1. The van der Waals surface area contributed by atoms with E-state index < -0.39 is 0 Å². The average molecular weight is 170 g/mol. The fraction of sp³-hybridized carbons (Fsp3) is 0.900. The molecule has 3 unspecified atom stereocenters. The van der Waals surface area contributed by atoms with Crippen molar-refractivity contribution in [2.24, 2.45) is 11.8 Å². The predicted molar refractivity (Wildman–Crippen MR) is 48.0 cm³/mol. The molecule has 0 amide bonds. The molecule has 0 saturated carbocycles. The van der Waals surface area contributed by atoms with Gasteiger partial charge in [-0.05, 0) is 33.1 Å². The molecule has 0 N–H and O–H groups in total. The molecule has 0 radical (unpaired) electrons. The molecule has 70 valence electrons. The van der Waals surface area contributed by atoms with Crippen LogP contribution in [0.15, 0.2) is 0 Å². The van der Waals surface area contributed by atoms with Gasteiger partial charge in [-0.3, -0.25) is 0 Å². The van der Waals surface area contributed by atoms with Gasteiger partial charge in [-0.25, -0.2) is 0 Å². The van der Waals surface area contributed by atoms with Gasteiger partial charge in [0.05, 0.1) is 11.7 Å². The van der Waals surface area contributed by atoms with Crippen LogP contribution in [0.1, 0.15) is 34.1 Å². The van der Waals surface area contributed by atoms with E-state index in [0.717, 1.165) is 12.7 Å². The molecule has 2 nitrogen and oxygen atoms in total. The molecule has 0 spiro atoms. The van der Waals surface area contributed by atoms with Gasteiger partial charge in [0.15, 0.2) is 0 Å². The van der Waals surface area contributed by atoms with Gasteiger partial charge >= 0.3 is 0 Å². The molecule has 1 rings (SSSR count). The van der Waals surface area contributed by atoms with Crippen molar-refractivity contribution in [3.8, 4) is 0 Å². The van der Waals surface area contributed by atoms with Gasteiger partial charge in [-0.2, -0.15) is 0 Å². The molecule has 0 bridgehead atoms. The van der Waals surface area contributed by atoms with Gasteiger partial charge in [0, 0.05) is 5.92 Å². The Bertz CT molecular complexity index is 175. The SMILES string of the molecule is CC1CC(C=O)C(C)C(C)(C)O1. The van der Waals surface area contributed by atoms with Crippen molar-refractivity contribution in [2.45, 2.75) is 45.8 Å². The van der Waals surface area contributed by atoms with E-state index in [1.54, 1.807) is 0 Å². The minimum absolute atomic E-state index is 0.150. The monoisotopic (exact) mass is 170 g/mol. The van der Waals surface area contributed by atoms with Crippen LogP contribution < -0.4 is 0 Å². The predicted octanol–water partition coefficient (Wildman–Crippen LogP) is 2.02. The van der Waals surface area contributed by atoms with Gasteiger partial charge in [-0.15, -0.1) is 0 Å². The van der Waals surface area contributed by atoms with Crippen LogP contribution in [0.3, 0.4) is 0 Å². The molecule has 1 aliphatic heterocycles. The third-order valence-corrected chi connectivity index (χ3v) is 3.02. The van der Waals surface area contributed by atoms with Gasteiger partial charge in [0.25, 0.3) is 0 Å². The molecule has 3 atom stereocenters. The maximum atomic E-state index is 10.7. The lowest BCUT2D eigenvalue weighted by molar-refractivity contribution is -0.157. The Hall–Kier alpha value is -0.370. The summed E-state index contributed by atoms with van der Waals surface area (Å²) >= 11 is 0. The summed E-state index contributed by atoms with van der Waals surface area (Å²) in [5, 5.41) is 0. The van der Waals surface area contributed by atoms with E-state index in [2.05, 4.69) is 20.8 Å². The van der Waals surface area contributed by atoms with Gasteiger partial charge in [0.1, 0.15) is 6.29 Å². The average Bonchev–Trinajstić information content (AvgIpc) is 1.96. The van der Waals surface area contributed by atoms with Gasteiger partial charge in [-0.1, -0.05) is 6.92 Å². The number of carbonyl (C=O) groups is 1. The van der Waals surface area contributed by atoms with E-state index in [4.69, 9.17) is 4.74 Å². The second kappa shape index (κ2) is 3.17. The first kappa shape index (κ1) is 9.72. The van der Waals surface area contributed by atoms with Crippen molar-refractivity contribution >= 4 is 6.29 Å². The fourth-order valence-electron chi connectivity index (χ4n) is 1.95. The molecule has 1 aliphatic rings. The summed E-state index contributed by atoms with van der Waals surface area (Å²) in [6.07, 6.45) is 2.16. The minimum atomic E-state index is -0.150. The van der Waals surface area contributed by atoms with Crippen molar-refractivity contribution < 1.29 is 9.53 Å². The lowest BCUT2D eigenvalue weighted by Crippen LogP contribution is -2.46. The van der Waals surface area contributed by atoms with E-state index in [-0.39, 0.29) is 17.6 Å². The van der Waals surface area contributed by atoms with E-state index in [9.17, 15) is 4.79 Å². The molecule has 12 heavy (non-hydrogen) atoms. The molecular formula is C10H18O2. The Balaban J connectivity index is 2.75. The summed E-state index contributed by atoms with van der Waals surface area (Å²) in [7, 11) is 0. The first-order valence-corrected chi connectivity index (χ1v) is 4.60. The van der Waals surface area contributed by atoms with Crippen molar-refractivity contribution in [2.75, 3.05) is 0 Å². The van der Waals surface area contributed by atoms with Crippen LogP contribution in [0.25, 0.3) is 0 Å². The van der Waals surface area contributed by atoms with E-state index in [1.165, 1.54) is 0 Å². The van der Waals surface area contributed by atoms with Crippen LogP contribution in [-0.4, -0.2) is 18.0 Å². The zero-order valence-corrected chi connectivity index (χ0v) is 8.33. The van der Waals surface area contributed by atoms with Gasteiger partial charge < -0.3 is 9.53 Å². The lowest BCUT2D eigenvalue weighted by atomic mass is 9.77.